The predicted molar refractivity (Wildman–Crippen MR) is 61.8 cm³/mol. The second-order valence-electron chi connectivity index (χ2n) is 4.47. The van der Waals surface area contributed by atoms with Gasteiger partial charge in [-0.25, -0.2) is 9.97 Å². The quantitative estimate of drug-likeness (QED) is 0.803. The Hall–Kier alpha value is -1.12. The van der Waals surface area contributed by atoms with Crippen molar-refractivity contribution < 1.29 is 0 Å². The van der Waals surface area contributed by atoms with Gasteiger partial charge in [0.15, 0.2) is 0 Å². The molecule has 1 aliphatic rings. The Balaban J connectivity index is 1.92. The molecule has 0 amide bonds. The molecular formula is C12H19N3. The van der Waals surface area contributed by atoms with Crippen LogP contribution in [-0.4, -0.2) is 16.0 Å². The number of nitrogens with zero attached hydrogens (tertiary/aromatic N) is 2. The maximum Gasteiger partial charge on any atom is 0.129 e. The van der Waals surface area contributed by atoms with Gasteiger partial charge < -0.3 is 5.32 Å². The molecule has 1 atom stereocenters. The van der Waals surface area contributed by atoms with E-state index in [1.807, 2.05) is 13.0 Å². The van der Waals surface area contributed by atoms with E-state index in [0.29, 0.717) is 6.04 Å². The molecule has 1 unspecified atom stereocenters. The van der Waals surface area contributed by atoms with Gasteiger partial charge in [0.1, 0.15) is 12.1 Å². The van der Waals surface area contributed by atoms with Gasteiger partial charge in [-0.05, 0) is 25.7 Å². The third kappa shape index (κ3) is 3.18. The minimum absolute atomic E-state index is 0.576. The zero-order valence-corrected chi connectivity index (χ0v) is 9.53. The molecule has 1 heterocycles. The van der Waals surface area contributed by atoms with Crippen LogP contribution in [0.15, 0.2) is 12.4 Å². The van der Waals surface area contributed by atoms with Gasteiger partial charge in [-0.1, -0.05) is 19.8 Å². The summed E-state index contributed by atoms with van der Waals surface area (Å²) in [6, 6.07) is 2.59. The van der Waals surface area contributed by atoms with Crippen molar-refractivity contribution in [1.29, 1.82) is 0 Å². The van der Waals surface area contributed by atoms with Crippen molar-refractivity contribution in [3.8, 4) is 0 Å². The van der Waals surface area contributed by atoms with Crippen LogP contribution in [0.1, 0.15) is 38.3 Å². The molecule has 0 aliphatic heterocycles. The molecule has 0 aromatic carbocycles. The van der Waals surface area contributed by atoms with Crippen LogP contribution in [0, 0.1) is 12.8 Å². The van der Waals surface area contributed by atoms with Crippen LogP contribution >= 0.6 is 0 Å². The summed E-state index contributed by atoms with van der Waals surface area (Å²) in [4.78, 5) is 8.33. The monoisotopic (exact) mass is 205 g/mol. The highest BCUT2D eigenvalue weighted by molar-refractivity contribution is 5.35. The molecular weight excluding hydrogens is 186 g/mol. The molecule has 0 bridgehead atoms. The average molecular weight is 205 g/mol. The molecule has 2 rings (SSSR count). The lowest BCUT2D eigenvalue weighted by molar-refractivity contribution is 0.585. The van der Waals surface area contributed by atoms with E-state index in [1.54, 1.807) is 6.33 Å². The summed E-state index contributed by atoms with van der Waals surface area (Å²) >= 11 is 0. The standard InChI is InChI=1S/C12H19N3/c1-3-11(7-10-4-5-10)15-12-6-9(2)13-8-14-12/h6,8,10-11H,3-5,7H2,1-2H3,(H,13,14,15). The molecule has 1 saturated carbocycles. The lowest BCUT2D eigenvalue weighted by Crippen LogP contribution is -2.19. The fourth-order valence-corrected chi connectivity index (χ4v) is 1.83. The first-order valence-electron chi connectivity index (χ1n) is 5.83. The molecule has 15 heavy (non-hydrogen) atoms. The third-order valence-corrected chi connectivity index (χ3v) is 2.96. The maximum absolute atomic E-state index is 4.23. The number of nitrogens with one attached hydrogen (secondary N) is 1. The summed E-state index contributed by atoms with van der Waals surface area (Å²) in [5, 5.41) is 3.49. The van der Waals surface area contributed by atoms with Crippen LogP contribution in [0.3, 0.4) is 0 Å². The highest BCUT2D eigenvalue weighted by Crippen LogP contribution is 2.34. The predicted octanol–water partition coefficient (Wildman–Crippen LogP) is 2.78. The van der Waals surface area contributed by atoms with Crippen molar-refractivity contribution in [2.45, 2.75) is 45.6 Å². The number of aryl methyl sites for hydroxylation is 1. The second kappa shape index (κ2) is 4.60. The molecule has 1 aromatic rings. The number of hydrogen-bond acceptors (Lipinski definition) is 3. The van der Waals surface area contributed by atoms with Gasteiger partial charge in [0, 0.05) is 17.8 Å². The largest absolute Gasteiger partial charge is 0.367 e. The van der Waals surface area contributed by atoms with Crippen molar-refractivity contribution in [3.63, 3.8) is 0 Å². The summed E-state index contributed by atoms with van der Waals surface area (Å²) in [5.74, 6) is 1.93. The van der Waals surface area contributed by atoms with E-state index in [-0.39, 0.29) is 0 Å². The summed E-state index contributed by atoms with van der Waals surface area (Å²) < 4.78 is 0. The molecule has 1 aromatic heterocycles. The van der Waals surface area contributed by atoms with Crippen LogP contribution in [0.4, 0.5) is 5.82 Å². The van der Waals surface area contributed by atoms with Gasteiger partial charge in [0.2, 0.25) is 0 Å². The molecule has 3 nitrogen and oxygen atoms in total. The van der Waals surface area contributed by atoms with Gasteiger partial charge in [-0.15, -0.1) is 0 Å². The summed E-state index contributed by atoms with van der Waals surface area (Å²) in [5.41, 5.74) is 1.02. The summed E-state index contributed by atoms with van der Waals surface area (Å²) in [6.45, 7) is 4.22. The minimum Gasteiger partial charge on any atom is -0.367 e. The molecule has 0 radical (unpaired) electrons. The summed E-state index contributed by atoms with van der Waals surface area (Å²) in [6.07, 6.45) is 6.92. The van der Waals surface area contributed by atoms with E-state index in [1.165, 1.54) is 25.7 Å². The maximum atomic E-state index is 4.23. The van der Waals surface area contributed by atoms with Crippen LogP contribution in [0.25, 0.3) is 0 Å². The topological polar surface area (TPSA) is 37.8 Å². The third-order valence-electron chi connectivity index (χ3n) is 2.96. The smallest absolute Gasteiger partial charge is 0.129 e. The van der Waals surface area contributed by atoms with E-state index < -0.39 is 0 Å². The van der Waals surface area contributed by atoms with Crippen LogP contribution < -0.4 is 5.32 Å². The van der Waals surface area contributed by atoms with Crippen LogP contribution in [-0.2, 0) is 0 Å². The molecule has 3 heteroatoms. The molecule has 1 fully saturated rings. The number of aromatic nitrogens is 2. The number of anilines is 1. The van der Waals surface area contributed by atoms with Gasteiger partial charge in [0.25, 0.3) is 0 Å². The van der Waals surface area contributed by atoms with Crippen molar-refractivity contribution in [3.05, 3.63) is 18.1 Å². The van der Waals surface area contributed by atoms with Gasteiger partial charge >= 0.3 is 0 Å². The van der Waals surface area contributed by atoms with Crippen molar-refractivity contribution in [1.82, 2.24) is 9.97 Å². The molecule has 1 aliphatic carbocycles. The molecule has 1 N–H and O–H groups in total. The number of hydrogen-bond donors (Lipinski definition) is 1. The number of rotatable bonds is 5. The Morgan fingerprint density at radius 2 is 2.27 bits per heavy atom. The summed E-state index contributed by atoms with van der Waals surface area (Å²) in [7, 11) is 0. The van der Waals surface area contributed by atoms with E-state index >= 15 is 0 Å². The zero-order valence-electron chi connectivity index (χ0n) is 9.53. The van der Waals surface area contributed by atoms with Crippen molar-refractivity contribution in [2.24, 2.45) is 5.92 Å². The van der Waals surface area contributed by atoms with Crippen LogP contribution in [0.5, 0.6) is 0 Å². The molecule has 82 valence electrons. The zero-order chi connectivity index (χ0) is 10.7. The van der Waals surface area contributed by atoms with E-state index in [9.17, 15) is 0 Å². The Kier molecular flexibility index (Phi) is 3.19. The van der Waals surface area contributed by atoms with Gasteiger partial charge in [-0.3, -0.25) is 0 Å². The average Bonchev–Trinajstić information content (AvgIpc) is 3.01. The highest BCUT2D eigenvalue weighted by atomic mass is 15.0. The van der Waals surface area contributed by atoms with E-state index in [0.717, 1.165) is 17.4 Å². The lowest BCUT2D eigenvalue weighted by atomic mass is 10.1. The fourth-order valence-electron chi connectivity index (χ4n) is 1.83. The lowest BCUT2D eigenvalue weighted by Gasteiger charge is -2.17. The Labute approximate surface area is 91.3 Å². The molecule has 0 saturated heterocycles. The SMILES string of the molecule is CCC(CC1CC1)Nc1cc(C)ncn1. The van der Waals surface area contributed by atoms with Crippen LogP contribution in [0.2, 0.25) is 0 Å². The van der Waals surface area contributed by atoms with Gasteiger partial charge in [0.05, 0.1) is 0 Å². The Morgan fingerprint density at radius 1 is 1.47 bits per heavy atom. The fraction of sp³-hybridized carbons (Fsp3) is 0.667. The van der Waals surface area contributed by atoms with E-state index in [4.69, 9.17) is 0 Å². The first-order valence-corrected chi connectivity index (χ1v) is 5.83. The normalized spacial score (nSPS) is 17.5. The van der Waals surface area contributed by atoms with Crippen molar-refractivity contribution >= 4 is 5.82 Å². The van der Waals surface area contributed by atoms with Gasteiger partial charge in [-0.2, -0.15) is 0 Å². The Bertz CT molecular complexity index is 320. The van der Waals surface area contributed by atoms with Crippen molar-refractivity contribution in [2.75, 3.05) is 5.32 Å². The molecule has 0 spiro atoms. The Morgan fingerprint density at radius 3 is 2.87 bits per heavy atom. The highest BCUT2D eigenvalue weighted by Gasteiger charge is 2.24. The second-order valence-corrected chi connectivity index (χ2v) is 4.47. The van der Waals surface area contributed by atoms with E-state index in [2.05, 4.69) is 22.2 Å². The first kappa shape index (κ1) is 10.4. The minimum atomic E-state index is 0.576. The first-order chi connectivity index (χ1) is 7.28.